The number of rotatable bonds is 4. The molecule has 0 spiro atoms. The first-order chi connectivity index (χ1) is 9.22. The number of hydrogen-bond donors (Lipinski definition) is 1. The molecule has 96 valence electrons. The van der Waals surface area contributed by atoms with E-state index in [1.807, 2.05) is 37.3 Å². The zero-order valence-corrected chi connectivity index (χ0v) is 10.8. The van der Waals surface area contributed by atoms with Gasteiger partial charge >= 0.3 is 0 Å². The second kappa shape index (κ2) is 6.03. The van der Waals surface area contributed by atoms with Crippen molar-refractivity contribution >= 4 is 0 Å². The molecule has 3 nitrogen and oxygen atoms in total. The van der Waals surface area contributed by atoms with Crippen molar-refractivity contribution in [2.75, 3.05) is 0 Å². The van der Waals surface area contributed by atoms with Crippen LogP contribution in [0.3, 0.4) is 0 Å². The van der Waals surface area contributed by atoms with Crippen molar-refractivity contribution in [3.8, 4) is 11.8 Å². The van der Waals surface area contributed by atoms with Gasteiger partial charge in [0.2, 0.25) is 0 Å². The average Bonchev–Trinajstić information content (AvgIpc) is 2.46. The van der Waals surface area contributed by atoms with E-state index in [0.29, 0.717) is 12.2 Å². The monoisotopic (exact) mass is 253 g/mol. The second-order valence-corrected chi connectivity index (χ2v) is 4.36. The Bertz CT molecular complexity index is 597. The van der Waals surface area contributed by atoms with Gasteiger partial charge in [-0.15, -0.1) is 0 Å². The maximum Gasteiger partial charge on any atom is 0.122 e. The van der Waals surface area contributed by atoms with Crippen LogP contribution in [0.25, 0.3) is 0 Å². The van der Waals surface area contributed by atoms with E-state index in [1.165, 1.54) is 0 Å². The minimum absolute atomic E-state index is 0.0384. The summed E-state index contributed by atoms with van der Waals surface area (Å²) in [5, 5.41) is 17.8. The van der Waals surface area contributed by atoms with Gasteiger partial charge in [-0.1, -0.05) is 24.3 Å². The zero-order valence-electron chi connectivity index (χ0n) is 10.8. The van der Waals surface area contributed by atoms with Crippen molar-refractivity contribution in [3.05, 3.63) is 64.7 Å². The van der Waals surface area contributed by atoms with Crippen molar-refractivity contribution in [1.29, 1.82) is 5.26 Å². The lowest BCUT2D eigenvalue weighted by Gasteiger charge is -2.10. The molecule has 0 radical (unpaired) electrons. The van der Waals surface area contributed by atoms with Crippen LogP contribution in [-0.4, -0.2) is 5.11 Å². The topological polar surface area (TPSA) is 53.2 Å². The molecule has 2 aromatic rings. The van der Waals surface area contributed by atoms with Crippen molar-refractivity contribution < 1.29 is 9.84 Å². The van der Waals surface area contributed by atoms with Crippen molar-refractivity contribution in [2.45, 2.75) is 20.1 Å². The maximum atomic E-state index is 9.04. The highest BCUT2D eigenvalue weighted by atomic mass is 16.5. The van der Waals surface area contributed by atoms with Gasteiger partial charge in [0.1, 0.15) is 12.4 Å². The van der Waals surface area contributed by atoms with Crippen LogP contribution in [0.1, 0.15) is 22.3 Å². The Morgan fingerprint density at radius 2 is 1.79 bits per heavy atom. The minimum Gasteiger partial charge on any atom is -0.489 e. The molecule has 0 heterocycles. The van der Waals surface area contributed by atoms with E-state index < -0.39 is 0 Å². The van der Waals surface area contributed by atoms with E-state index in [2.05, 4.69) is 6.07 Å². The van der Waals surface area contributed by atoms with Crippen LogP contribution in [0.4, 0.5) is 0 Å². The summed E-state index contributed by atoms with van der Waals surface area (Å²) >= 11 is 0. The Hall–Kier alpha value is -2.31. The van der Waals surface area contributed by atoms with E-state index in [1.54, 1.807) is 12.1 Å². The molecule has 19 heavy (non-hydrogen) atoms. The van der Waals surface area contributed by atoms with Crippen LogP contribution >= 0.6 is 0 Å². The van der Waals surface area contributed by atoms with Crippen molar-refractivity contribution in [2.24, 2.45) is 0 Å². The molecule has 0 amide bonds. The summed E-state index contributed by atoms with van der Waals surface area (Å²) in [4.78, 5) is 0. The van der Waals surface area contributed by atoms with Crippen LogP contribution in [0.2, 0.25) is 0 Å². The normalized spacial score (nSPS) is 9.95. The first-order valence-electron chi connectivity index (χ1n) is 6.05. The largest absolute Gasteiger partial charge is 0.489 e. The number of aliphatic hydroxyl groups excluding tert-OH is 1. The lowest BCUT2D eigenvalue weighted by atomic mass is 10.1. The highest BCUT2D eigenvalue weighted by molar-refractivity contribution is 5.36. The molecule has 0 aromatic heterocycles. The predicted molar refractivity (Wildman–Crippen MR) is 72.6 cm³/mol. The number of aliphatic hydroxyl groups is 1. The Kier molecular flexibility index (Phi) is 4.17. The molecular weight excluding hydrogens is 238 g/mol. The van der Waals surface area contributed by atoms with E-state index in [4.69, 9.17) is 15.1 Å². The van der Waals surface area contributed by atoms with Gasteiger partial charge in [-0.05, 0) is 41.8 Å². The van der Waals surface area contributed by atoms with Crippen molar-refractivity contribution in [1.82, 2.24) is 0 Å². The third-order valence-electron chi connectivity index (χ3n) is 2.90. The van der Waals surface area contributed by atoms with Gasteiger partial charge < -0.3 is 9.84 Å². The highest BCUT2D eigenvalue weighted by Gasteiger charge is 2.02. The molecule has 2 aromatic carbocycles. The minimum atomic E-state index is 0.0384. The summed E-state index contributed by atoms with van der Waals surface area (Å²) in [6.07, 6.45) is 0. The molecule has 0 aliphatic rings. The molecule has 0 aliphatic carbocycles. The fourth-order valence-corrected chi connectivity index (χ4v) is 1.81. The number of benzene rings is 2. The van der Waals surface area contributed by atoms with Gasteiger partial charge in [-0.2, -0.15) is 5.26 Å². The van der Waals surface area contributed by atoms with Gasteiger partial charge in [-0.25, -0.2) is 0 Å². The summed E-state index contributed by atoms with van der Waals surface area (Å²) in [5.41, 5.74) is 3.54. The van der Waals surface area contributed by atoms with Crippen molar-refractivity contribution in [3.63, 3.8) is 0 Å². The van der Waals surface area contributed by atoms with E-state index >= 15 is 0 Å². The van der Waals surface area contributed by atoms with Gasteiger partial charge in [0, 0.05) is 0 Å². The number of nitriles is 1. The highest BCUT2D eigenvalue weighted by Crippen LogP contribution is 2.20. The Morgan fingerprint density at radius 3 is 2.37 bits per heavy atom. The van der Waals surface area contributed by atoms with E-state index in [-0.39, 0.29) is 6.61 Å². The van der Waals surface area contributed by atoms with Gasteiger partial charge in [0.05, 0.1) is 18.2 Å². The molecule has 3 heteroatoms. The van der Waals surface area contributed by atoms with Crippen LogP contribution in [0.5, 0.6) is 5.75 Å². The SMILES string of the molecule is Cc1cc(CO)ccc1OCc1ccc(C#N)cc1. The number of ether oxygens (including phenoxy) is 1. The predicted octanol–water partition coefficient (Wildman–Crippen LogP) is 2.94. The Morgan fingerprint density at radius 1 is 1.11 bits per heavy atom. The quantitative estimate of drug-likeness (QED) is 0.911. The lowest BCUT2D eigenvalue weighted by Crippen LogP contribution is -1.97. The number of nitrogens with zero attached hydrogens (tertiary/aromatic N) is 1. The summed E-state index contributed by atoms with van der Waals surface area (Å²) in [7, 11) is 0. The molecule has 1 N–H and O–H groups in total. The molecule has 0 aliphatic heterocycles. The maximum absolute atomic E-state index is 9.04. The summed E-state index contributed by atoms with van der Waals surface area (Å²) in [6.45, 7) is 2.45. The zero-order chi connectivity index (χ0) is 13.7. The smallest absolute Gasteiger partial charge is 0.122 e. The molecule has 0 saturated carbocycles. The number of hydrogen-bond acceptors (Lipinski definition) is 3. The molecule has 0 bridgehead atoms. The first-order valence-corrected chi connectivity index (χ1v) is 6.05. The van der Waals surface area contributed by atoms with Crippen LogP contribution in [0.15, 0.2) is 42.5 Å². The summed E-state index contributed by atoms with van der Waals surface area (Å²) < 4.78 is 5.73. The third kappa shape index (κ3) is 3.34. The molecule has 0 unspecified atom stereocenters. The van der Waals surface area contributed by atoms with Gasteiger partial charge in [0.15, 0.2) is 0 Å². The Labute approximate surface area is 112 Å². The molecule has 0 fully saturated rings. The van der Waals surface area contributed by atoms with Crippen LogP contribution in [0, 0.1) is 18.3 Å². The fourth-order valence-electron chi connectivity index (χ4n) is 1.81. The first kappa shape index (κ1) is 13.1. The molecular formula is C16H15NO2. The van der Waals surface area contributed by atoms with Crippen LogP contribution < -0.4 is 4.74 Å². The van der Waals surface area contributed by atoms with E-state index in [9.17, 15) is 0 Å². The fraction of sp³-hybridized carbons (Fsp3) is 0.188. The van der Waals surface area contributed by atoms with E-state index in [0.717, 1.165) is 22.4 Å². The van der Waals surface area contributed by atoms with Crippen LogP contribution in [-0.2, 0) is 13.2 Å². The average molecular weight is 253 g/mol. The lowest BCUT2D eigenvalue weighted by molar-refractivity contribution is 0.280. The number of aryl methyl sites for hydroxylation is 1. The summed E-state index contributed by atoms with van der Waals surface area (Å²) in [5.74, 6) is 0.807. The molecule has 0 saturated heterocycles. The molecule has 0 atom stereocenters. The Balaban J connectivity index is 2.04. The standard InChI is InChI=1S/C16H15NO2/c1-12-8-15(10-18)6-7-16(12)19-11-14-4-2-13(9-17)3-5-14/h2-8,18H,10-11H2,1H3. The van der Waals surface area contributed by atoms with Gasteiger partial charge in [-0.3, -0.25) is 0 Å². The second-order valence-electron chi connectivity index (χ2n) is 4.36. The third-order valence-corrected chi connectivity index (χ3v) is 2.90. The molecule has 2 rings (SSSR count). The summed E-state index contributed by atoms with van der Waals surface area (Å²) in [6, 6.07) is 15.0. The van der Waals surface area contributed by atoms with Gasteiger partial charge in [0.25, 0.3) is 0 Å².